The summed E-state index contributed by atoms with van der Waals surface area (Å²) in [6.07, 6.45) is 1.78. The number of carbonyl (C=O) groups is 1. The number of benzene rings is 2. The van der Waals surface area contributed by atoms with Gasteiger partial charge in [-0.2, -0.15) is 10.2 Å². The molecule has 1 aromatic heterocycles. The third-order valence-corrected chi connectivity index (χ3v) is 4.38. The maximum Gasteiger partial charge on any atom is 0.302 e. The van der Waals surface area contributed by atoms with Crippen molar-refractivity contribution in [1.82, 2.24) is 9.71 Å². The molecule has 0 bridgehead atoms. The molecule has 0 aliphatic heterocycles. The fraction of sp³-hybridized carbons (Fsp3) is 0.190. The molecule has 0 saturated heterocycles. The first-order valence-corrected chi connectivity index (χ1v) is 10.3. The number of nitriles is 1. The number of aromatic nitrogens is 1. The number of hydrogen-bond donors (Lipinski definition) is 1. The van der Waals surface area contributed by atoms with Gasteiger partial charge in [-0.15, -0.1) is 0 Å². The van der Waals surface area contributed by atoms with Crippen LogP contribution in [0.2, 0.25) is 0 Å². The number of amides is 1. The number of nitrogens with zero attached hydrogens (tertiary/aromatic N) is 3. The van der Waals surface area contributed by atoms with Crippen LogP contribution in [0.15, 0.2) is 59.0 Å². The molecule has 1 amide bonds. The van der Waals surface area contributed by atoms with E-state index in [9.17, 15) is 9.00 Å². The van der Waals surface area contributed by atoms with Crippen LogP contribution in [0.1, 0.15) is 22.6 Å². The van der Waals surface area contributed by atoms with E-state index < -0.39 is 11.0 Å². The monoisotopic (exact) mass is 410 g/mol. The van der Waals surface area contributed by atoms with E-state index in [2.05, 4.69) is 23.2 Å². The zero-order valence-corrected chi connectivity index (χ0v) is 17.3. The van der Waals surface area contributed by atoms with Crippen LogP contribution in [-0.2, 0) is 22.3 Å². The Morgan fingerprint density at radius 1 is 1.17 bits per heavy atom. The van der Waals surface area contributed by atoms with Crippen molar-refractivity contribution in [3.05, 3.63) is 77.2 Å². The van der Waals surface area contributed by atoms with Gasteiger partial charge in [0.25, 0.3) is 0 Å². The summed E-state index contributed by atoms with van der Waals surface area (Å²) in [6.45, 7) is 4.49. The Bertz CT molecular complexity index is 976. The first-order chi connectivity index (χ1) is 13.9. The largest absolute Gasteiger partial charge is 0.428 e. The lowest BCUT2D eigenvalue weighted by Crippen LogP contribution is -2.16. The Morgan fingerprint density at radius 2 is 1.83 bits per heavy atom. The van der Waals surface area contributed by atoms with Crippen LogP contribution in [0, 0.1) is 25.2 Å². The predicted octanol–water partition coefficient (Wildman–Crippen LogP) is 3.53. The molecule has 2 aromatic carbocycles. The molecule has 0 fully saturated rings. The number of anilines is 2. The topological polar surface area (TPSA) is 99.2 Å². The van der Waals surface area contributed by atoms with E-state index in [1.807, 2.05) is 53.8 Å². The lowest BCUT2D eigenvalue weighted by atomic mass is 10.2. The molecule has 1 atom stereocenters. The molecule has 0 spiro atoms. The Kier molecular flexibility index (Phi) is 8.12. The van der Waals surface area contributed by atoms with Gasteiger partial charge in [-0.25, -0.2) is 4.21 Å². The van der Waals surface area contributed by atoms with Crippen LogP contribution in [0.5, 0.6) is 0 Å². The molecule has 0 saturated carbocycles. The third-order valence-electron chi connectivity index (χ3n) is 3.95. The van der Waals surface area contributed by atoms with Gasteiger partial charge in [0.05, 0.1) is 23.9 Å². The van der Waals surface area contributed by atoms with Crippen LogP contribution in [0.25, 0.3) is 0 Å². The van der Waals surface area contributed by atoms with Crippen LogP contribution < -0.4 is 9.62 Å². The summed E-state index contributed by atoms with van der Waals surface area (Å²) in [6, 6.07) is 20.3. The lowest BCUT2D eigenvalue weighted by Gasteiger charge is -2.21. The van der Waals surface area contributed by atoms with Crippen molar-refractivity contribution in [1.29, 1.82) is 5.26 Å². The number of carbonyl (C=O) groups excluding carboxylic acids is 1. The second-order valence-corrected chi connectivity index (χ2v) is 7.20. The van der Waals surface area contributed by atoms with E-state index in [0.717, 1.165) is 22.7 Å². The minimum absolute atomic E-state index is 0.399. The van der Waals surface area contributed by atoms with Gasteiger partial charge in [0.2, 0.25) is 6.41 Å². The molecule has 0 aliphatic rings. The number of nitrogens with one attached hydrogen (secondary N) is 1. The van der Waals surface area contributed by atoms with E-state index in [0.29, 0.717) is 24.5 Å². The van der Waals surface area contributed by atoms with Crippen molar-refractivity contribution >= 4 is 29.1 Å². The highest BCUT2D eigenvalue weighted by atomic mass is 32.2. The highest BCUT2D eigenvalue weighted by molar-refractivity contribution is 7.82. The second-order valence-electron chi connectivity index (χ2n) is 6.06. The quantitative estimate of drug-likeness (QED) is 0.624. The Morgan fingerprint density at radius 3 is 2.28 bits per heavy atom. The molecular weight excluding hydrogens is 388 g/mol. The Balaban J connectivity index is 0.000000438. The average Bonchev–Trinajstić information content (AvgIpc) is 3.05. The lowest BCUT2D eigenvalue weighted by molar-refractivity contribution is -0.108. The van der Waals surface area contributed by atoms with E-state index in [1.165, 1.54) is 6.26 Å². The summed E-state index contributed by atoms with van der Waals surface area (Å²) in [5, 5.41) is 8.96. The average molecular weight is 410 g/mol. The molecule has 150 valence electrons. The summed E-state index contributed by atoms with van der Waals surface area (Å²) in [5.41, 5.74) is 3.61. The van der Waals surface area contributed by atoms with Crippen LogP contribution in [-0.4, -0.2) is 21.9 Å². The van der Waals surface area contributed by atoms with E-state index in [4.69, 9.17) is 9.68 Å². The van der Waals surface area contributed by atoms with Crippen molar-refractivity contribution in [2.24, 2.45) is 0 Å². The molecule has 3 rings (SSSR count). The van der Waals surface area contributed by atoms with Crippen molar-refractivity contribution in [2.45, 2.75) is 20.4 Å². The second kappa shape index (κ2) is 10.8. The van der Waals surface area contributed by atoms with Crippen LogP contribution in [0.4, 0.5) is 11.7 Å². The standard InChI is InChI=1S/C19H17N3O.C2H5NO2S/c1-14-15(2)23-19(21-14)22(13-17-6-4-3-5-7-17)18-10-8-16(12-20)9-11-18;1-6(5)3-2-4/h3-11H,13H2,1-2H3;2H,1H3,(H,3,4). The minimum Gasteiger partial charge on any atom is -0.428 e. The summed E-state index contributed by atoms with van der Waals surface area (Å²) in [5.74, 6) is 0.812. The third kappa shape index (κ3) is 6.59. The Labute approximate surface area is 172 Å². The molecule has 1 N–H and O–H groups in total. The molecule has 8 heteroatoms. The molecule has 0 radical (unpaired) electrons. The van der Waals surface area contributed by atoms with Crippen LogP contribution in [0.3, 0.4) is 0 Å². The van der Waals surface area contributed by atoms with Crippen molar-refractivity contribution in [3.8, 4) is 6.07 Å². The summed E-state index contributed by atoms with van der Waals surface area (Å²) in [4.78, 5) is 15.8. The summed E-state index contributed by atoms with van der Waals surface area (Å²) < 4.78 is 17.6. The van der Waals surface area contributed by atoms with E-state index >= 15 is 0 Å². The number of aryl methyl sites for hydroxylation is 2. The highest BCUT2D eigenvalue weighted by Gasteiger charge is 2.17. The van der Waals surface area contributed by atoms with Gasteiger partial charge in [0, 0.05) is 11.9 Å². The fourth-order valence-corrected chi connectivity index (χ4v) is 2.53. The first kappa shape index (κ1) is 21.9. The van der Waals surface area contributed by atoms with Crippen molar-refractivity contribution < 1.29 is 13.4 Å². The molecule has 29 heavy (non-hydrogen) atoms. The SMILES string of the molecule is CS(=O)NC=O.Cc1nc(N(Cc2ccccc2)c2ccc(C#N)cc2)oc1C. The van der Waals surface area contributed by atoms with Gasteiger partial charge in [0.15, 0.2) is 0 Å². The van der Waals surface area contributed by atoms with Crippen molar-refractivity contribution in [3.63, 3.8) is 0 Å². The highest BCUT2D eigenvalue weighted by Crippen LogP contribution is 2.28. The maximum absolute atomic E-state index is 9.81. The number of rotatable bonds is 6. The zero-order chi connectivity index (χ0) is 21.2. The number of hydrogen-bond acceptors (Lipinski definition) is 6. The smallest absolute Gasteiger partial charge is 0.302 e. The first-order valence-electron chi connectivity index (χ1n) is 8.73. The molecule has 0 aliphatic carbocycles. The van der Waals surface area contributed by atoms with Crippen LogP contribution >= 0.6 is 0 Å². The van der Waals surface area contributed by atoms with Gasteiger partial charge in [-0.05, 0) is 43.7 Å². The minimum atomic E-state index is -1.18. The predicted molar refractivity (Wildman–Crippen MR) is 113 cm³/mol. The normalized spacial score (nSPS) is 10.8. The van der Waals surface area contributed by atoms with Gasteiger partial charge in [-0.3, -0.25) is 14.4 Å². The van der Waals surface area contributed by atoms with Crippen molar-refractivity contribution in [2.75, 3.05) is 11.2 Å². The summed E-state index contributed by atoms with van der Waals surface area (Å²) in [7, 11) is -1.18. The molecular formula is C21H22N4O3S. The molecule has 1 heterocycles. The van der Waals surface area contributed by atoms with E-state index in [-0.39, 0.29) is 0 Å². The van der Waals surface area contributed by atoms with Gasteiger partial charge < -0.3 is 4.42 Å². The van der Waals surface area contributed by atoms with Gasteiger partial charge >= 0.3 is 6.01 Å². The summed E-state index contributed by atoms with van der Waals surface area (Å²) >= 11 is 0. The Hall–Kier alpha value is -3.44. The molecule has 7 nitrogen and oxygen atoms in total. The van der Waals surface area contributed by atoms with E-state index in [1.54, 1.807) is 12.1 Å². The molecule has 1 unspecified atom stereocenters. The van der Waals surface area contributed by atoms with Gasteiger partial charge in [-0.1, -0.05) is 30.3 Å². The molecule has 3 aromatic rings. The maximum atomic E-state index is 9.81. The zero-order valence-electron chi connectivity index (χ0n) is 16.5. The number of oxazole rings is 1. The van der Waals surface area contributed by atoms with Gasteiger partial charge in [0.1, 0.15) is 16.7 Å². The fourth-order valence-electron chi connectivity index (χ4n) is 2.39.